The van der Waals surface area contributed by atoms with Crippen LogP contribution in [0.1, 0.15) is 38.5 Å². The zero-order chi connectivity index (χ0) is 32.2. The molecule has 2 N–H and O–H groups in total. The molecule has 2 aromatic carbocycles. The van der Waals surface area contributed by atoms with Crippen LogP contribution in [0.5, 0.6) is 5.75 Å². The van der Waals surface area contributed by atoms with Gasteiger partial charge in [0.25, 0.3) is 5.91 Å². The average molecular weight is 651 g/mol. The van der Waals surface area contributed by atoms with Gasteiger partial charge in [-0.15, -0.1) is 0 Å². The van der Waals surface area contributed by atoms with Crippen molar-refractivity contribution in [2.45, 2.75) is 50.7 Å². The number of ether oxygens (including phenoxy) is 2. The normalized spacial score (nSPS) is 18.7. The fourth-order valence-corrected chi connectivity index (χ4v) is 5.86. The molecule has 3 fully saturated rings. The number of carbonyl (C=O) groups is 3. The largest absolute Gasteiger partial charge is 0.491 e. The number of rotatable bonds is 11. The van der Waals surface area contributed by atoms with Crippen LogP contribution in [0, 0.1) is 11.7 Å². The molecular weight excluding hydrogens is 615 g/mol. The number of benzene rings is 2. The average Bonchev–Trinajstić information content (AvgIpc) is 3.78. The lowest BCUT2D eigenvalue weighted by molar-refractivity contribution is -0.153. The first-order chi connectivity index (χ1) is 22.2. The Morgan fingerprint density at radius 3 is 2.67 bits per heavy atom. The molecule has 2 saturated heterocycles. The number of cyclic esters (lactones) is 1. The van der Waals surface area contributed by atoms with Crippen LogP contribution in [-0.4, -0.2) is 83.0 Å². The van der Waals surface area contributed by atoms with Gasteiger partial charge in [-0.25, -0.2) is 14.4 Å². The number of amides is 2. The number of halogens is 2. The molecule has 1 aliphatic carbocycles. The molecule has 1 unspecified atom stereocenters. The van der Waals surface area contributed by atoms with Gasteiger partial charge in [-0.2, -0.15) is 0 Å². The molecule has 13 heteroatoms. The molecule has 0 radical (unpaired) electrons. The van der Waals surface area contributed by atoms with Crippen molar-refractivity contribution < 1.29 is 28.2 Å². The molecule has 1 aromatic heterocycles. The second kappa shape index (κ2) is 14.0. The Morgan fingerprint density at radius 2 is 1.96 bits per heavy atom. The van der Waals surface area contributed by atoms with E-state index in [-0.39, 0.29) is 28.8 Å². The zero-order valence-electron chi connectivity index (χ0n) is 25.5. The molecule has 1 saturated carbocycles. The van der Waals surface area contributed by atoms with E-state index in [1.807, 2.05) is 13.1 Å². The maximum absolute atomic E-state index is 13.7. The van der Waals surface area contributed by atoms with Crippen LogP contribution in [0.15, 0.2) is 48.8 Å². The second-order valence-electron chi connectivity index (χ2n) is 12.0. The van der Waals surface area contributed by atoms with Gasteiger partial charge in [0.1, 0.15) is 23.7 Å². The fraction of sp³-hybridized carbons (Fsp3) is 0.424. The maximum atomic E-state index is 13.7. The Balaban J connectivity index is 1.09. The van der Waals surface area contributed by atoms with Crippen LogP contribution in [-0.2, 0) is 19.1 Å². The zero-order valence-corrected chi connectivity index (χ0v) is 26.3. The van der Waals surface area contributed by atoms with E-state index >= 15 is 0 Å². The van der Waals surface area contributed by atoms with Crippen LogP contribution in [0.3, 0.4) is 0 Å². The highest BCUT2D eigenvalue weighted by Crippen LogP contribution is 2.36. The molecule has 0 bridgehead atoms. The molecule has 6 rings (SSSR count). The predicted octanol–water partition coefficient (Wildman–Crippen LogP) is 5.08. The number of fused-ring (bicyclic) bond motifs is 1. The Bertz CT molecular complexity index is 1660. The van der Waals surface area contributed by atoms with Gasteiger partial charge in [0.15, 0.2) is 6.10 Å². The van der Waals surface area contributed by atoms with E-state index in [1.165, 1.54) is 24.5 Å². The van der Waals surface area contributed by atoms with E-state index < -0.39 is 11.9 Å². The summed E-state index contributed by atoms with van der Waals surface area (Å²) >= 11 is 5.97. The van der Waals surface area contributed by atoms with Crippen LogP contribution in [0.2, 0.25) is 5.02 Å². The minimum atomic E-state index is -0.644. The van der Waals surface area contributed by atoms with Gasteiger partial charge in [-0.05, 0) is 62.9 Å². The number of esters is 1. The van der Waals surface area contributed by atoms with Gasteiger partial charge >= 0.3 is 5.97 Å². The third-order valence-electron chi connectivity index (χ3n) is 8.57. The van der Waals surface area contributed by atoms with Crippen LogP contribution < -0.4 is 15.4 Å². The van der Waals surface area contributed by atoms with Crippen LogP contribution >= 0.6 is 11.6 Å². The van der Waals surface area contributed by atoms with Crippen molar-refractivity contribution in [1.29, 1.82) is 0 Å². The third kappa shape index (κ3) is 7.73. The van der Waals surface area contributed by atoms with Gasteiger partial charge in [0.2, 0.25) is 5.91 Å². The molecule has 2 aliphatic heterocycles. The van der Waals surface area contributed by atoms with E-state index in [1.54, 1.807) is 23.1 Å². The van der Waals surface area contributed by atoms with Gasteiger partial charge in [-0.3, -0.25) is 19.3 Å². The predicted molar refractivity (Wildman–Crippen MR) is 172 cm³/mol. The summed E-state index contributed by atoms with van der Waals surface area (Å²) in [5.41, 5.74) is 1.65. The van der Waals surface area contributed by atoms with Crippen molar-refractivity contribution in [1.82, 2.24) is 19.8 Å². The number of likely N-dealkylation sites (tertiary alicyclic amines) is 1. The number of nitrogens with zero attached hydrogens (tertiary/aromatic N) is 4. The highest BCUT2D eigenvalue weighted by molar-refractivity contribution is 6.31. The molecule has 3 heterocycles. The summed E-state index contributed by atoms with van der Waals surface area (Å²) in [7, 11) is 2.00. The van der Waals surface area contributed by atoms with E-state index in [9.17, 15) is 18.8 Å². The maximum Gasteiger partial charge on any atom is 0.306 e. The van der Waals surface area contributed by atoms with Gasteiger partial charge in [-0.1, -0.05) is 17.7 Å². The van der Waals surface area contributed by atoms with Crippen molar-refractivity contribution in [3.05, 3.63) is 59.7 Å². The summed E-state index contributed by atoms with van der Waals surface area (Å²) in [6.45, 7) is 2.31. The first-order valence-electron chi connectivity index (χ1n) is 15.5. The van der Waals surface area contributed by atoms with Crippen molar-refractivity contribution in [2.24, 2.45) is 5.92 Å². The lowest BCUT2D eigenvalue weighted by Gasteiger charge is -2.37. The minimum Gasteiger partial charge on any atom is -0.491 e. The summed E-state index contributed by atoms with van der Waals surface area (Å²) in [5.74, 6) is 0.236. The molecule has 3 aromatic rings. The summed E-state index contributed by atoms with van der Waals surface area (Å²) in [5, 5.41) is 6.73. The standard InChI is InChI=1S/C33H36ClFN6O5/c1-40(22-10-13-41(14-11-22)33(44)28-8-9-31(43)46-28)12-2-3-30(42)39-27-16-23-26(17-29(27)45-18-20-4-5-20)36-19-37-32(23)38-21-6-7-25(35)24(34)15-21/h2-3,6-7,15-17,19-20,22,28H,4-5,8-14,18H2,1H3,(H,39,42)(H,36,37,38). The summed E-state index contributed by atoms with van der Waals surface area (Å²) < 4.78 is 24.9. The number of carbonyl (C=O) groups excluding carboxylic acids is 3. The van der Waals surface area contributed by atoms with E-state index in [0.29, 0.717) is 78.8 Å². The van der Waals surface area contributed by atoms with Crippen molar-refractivity contribution >= 4 is 57.5 Å². The van der Waals surface area contributed by atoms with Crippen molar-refractivity contribution in [3.8, 4) is 5.75 Å². The second-order valence-corrected chi connectivity index (χ2v) is 12.4. The molecule has 1 atom stereocenters. The first-order valence-corrected chi connectivity index (χ1v) is 15.9. The molecule has 0 spiro atoms. The van der Waals surface area contributed by atoms with E-state index in [2.05, 4.69) is 25.5 Å². The van der Waals surface area contributed by atoms with Gasteiger partial charge in [0, 0.05) is 61.7 Å². The number of likely N-dealkylation sites (N-methyl/N-ethyl adjacent to an activating group) is 1. The summed E-state index contributed by atoms with van der Waals surface area (Å²) in [4.78, 5) is 49.8. The highest BCUT2D eigenvalue weighted by Gasteiger charge is 2.35. The van der Waals surface area contributed by atoms with Crippen LogP contribution in [0.4, 0.5) is 21.6 Å². The smallest absolute Gasteiger partial charge is 0.306 e. The summed E-state index contributed by atoms with van der Waals surface area (Å²) in [6.07, 6.45) is 8.67. The molecular formula is C33H36ClFN6O5. The highest BCUT2D eigenvalue weighted by atomic mass is 35.5. The van der Waals surface area contributed by atoms with Gasteiger partial charge < -0.3 is 25.0 Å². The topological polar surface area (TPSA) is 126 Å². The Labute approximate surface area is 271 Å². The van der Waals surface area contributed by atoms with Crippen molar-refractivity contribution in [2.75, 3.05) is 43.9 Å². The van der Waals surface area contributed by atoms with Crippen LogP contribution in [0.25, 0.3) is 10.9 Å². The Morgan fingerprint density at radius 1 is 1.15 bits per heavy atom. The Kier molecular flexibility index (Phi) is 9.64. The number of aromatic nitrogens is 2. The quantitative estimate of drug-likeness (QED) is 0.216. The number of hydrogen-bond donors (Lipinski definition) is 2. The van der Waals surface area contributed by atoms with Crippen molar-refractivity contribution in [3.63, 3.8) is 0 Å². The minimum absolute atomic E-state index is 0.0155. The Hall–Kier alpha value is -4.29. The monoisotopic (exact) mass is 650 g/mol. The molecule has 3 aliphatic rings. The first kappa shape index (κ1) is 31.7. The van der Waals surface area contributed by atoms with E-state index in [4.69, 9.17) is 21.1 Å². The number of hydrogen-bond acceptors (Lipinski definition) is 9. The number of nitrogens with one attached hydrogen (secondary N) is 2. The van der Waals surface area contributed by atoms with E-state index in [0.717, 1.165) is 25.7 Å². The third-order valence-corrected chi connectivity index (χ3v) is 8.86. The SMILES string of the molecule is CN(CC=CC(=O)Nc1cc2c(Nc3ccc(F)c(Cl)c3)ncnc2cc1OCC1CC1)C1CCN(C(=O)C2CCC(=O)O2)CC1. The molecule has 2 amide bonds. The lowest BCUT2D eigenvalue weighted by Crippen LogP contribution is -2.48. The fourth-order valence-electron chi connectivity index (χ4n) is 5.68. The molecule has 11 nitrogen and oxygen atoms in total. The molecule has 46 heavy (non-hydrogen) atoms. The molecule has 242 valence electrons. The van der Waals surface area contributed by atoms with Gasteiger partial charge in [0.05, 0.1) is 22.8 Å². The summed E-state index contributed by atoms with van der Waals surface area (Å²) in [6, 6.07) is 8.11. The lowest BCUT2D eigenvalue weighted by atomic mass is 10.0. The number of anilines is 3. The number of piperidine rings is 1.